The van der Waals surface area contributed by atoms with Gasteiger partial charge >= 0.3 is 0 Å². The predicted molar refractivity (Wildman–Crippen MR) is 170 cm³/mol. The molecule has 3 aromatic carbocycles. The Morgan fingerprint density at radius 2 is 1.58 bits per heavy atom. The van der Waals surface area contributed by atoms with Crippen molar-refractivity contribution in [1.82, 2.24) is 9.80 Å². The lowest BCUT2D eigenvalue weighted by atomic mass is 10.0. The van der Waals surface area contributed by atoms with Crippen LogP contribution in [0.5, 0.6) is 5.75 Å². The van der Waals surface area contributed by atoms with E-state index in [1.54, 1.807) is 0 Å². The molecule has 1 unspecified atom stereocenters. The van der Waals surface area contributed by atoms with Crippen LogP contribution in [0.3, 0.4) is 0 Å². The molecular formula is C36H45N3O4. The second-order valence-corrected chi connectivity index (χ2v) is 11.7. The molecule has 43 heavy (non-hydrogen) atoms. The van der Waals surface area contributed by atoms with Gasteiger partial charge in [-0.05, 0) is 67.9 Å². The normalized spacial score (nSPS) is 18.4. The Balaban J connectivity index is 1.39. The zero-order valence-corrected chi connectivity index (χ0v) is 25.5. The highest BCUT2D eigenvalue weighted by molar-refractivity contribution is 5.96. The number of hydrogen-bond donors (Lipinski definition) is 0. The monoisotopic (exact) mass is 583 g/mol. The van der Waals surface area contributed by atoms with E-state index < -0.39 is 0 Å². The molecule has 0 bridgehead atoms. The van der Waals surface area contributed by atoms with Gasteiger partial charge in [0.25, 0.3) is 5.91 Å². The number of rotatable bonds is 8. The molecule has 1 atom stereocenters. The molecule has 0 spiro atoms. The Bertz CT molecular complexity index is 1310. The molecule has 2 amide bonds. The van der Waals surface area contributed by atoms with Crippen LogP contribution in [0.2, 0.25) is 0 Å². The number of carbonyl (C=O) groups is 2. The molecule has 2 aliphatic heterocycles. The zero-order chi connectivity index (χ0) is 29.9. The third kappa shape index (κ3) is 8.91. The second-order valence-electron chi connectivity index (χ2n) is 11.7. The fraction of sp³-hybridized carbons (Fsp3) is 0.444. The Morgan fingerprint density at radius 1 is 0.837 bits per heavy atom. The molecule has 1 fully saturated rings. The first kappa shape index (κ1) is 30.8. The van der Waals surface area contributed by atoms with Crippen LogP contribution in [0, 0.1) is 6.92 Å². The molecule has 3 aromatic rings. The maximum Gasteiger partial charge on any atom is 0.264 e. The van der Waals surface area contributed by atoms with Gasteiger partial charge in [0.1, 0.15) is 5.75 Å². The number of amides is 2. The molecule has 0 N–H and O–H groups in total. The smallest absolute Gasteiger partial charge is 0.264 e. The number of benzene rings is 3. The van der Waals surface area contributed by atoms with Crippen LogP contribution in [-0.2, 0) is 27.4 Å². The molecule has 1 saturated heterocycles. The molecule has 5 rings (SSSR count). The highest BCUT2D eigenvalue weighted by atomic mass is 16.5. The number of nitrogens with zero attached hydrogens (tertiary/aromatic N) is 3. The Kier molecular flexibility index (Phi) is 11.2. The zero-order valence-electron chi connectivity index (χ0n) is 25.5. The van der Waals surface area contributed by atoms with Crippen molar-refractivity contribution in [3.8, 4) is 5.75 Å². The molecule has 7 nitrogen and oxygen atoms in total. The van der Waals surface area contributed by atoms with Gasteiger partial charge < -0.3 is 19.3 Å². The quantitative estimate of drug-likeness (QED) is 0.326. The van der Waals surface area contributed by atoms with Crippen LogP contribution in [0.1, 0.15) is 55.2 Å². The van der Waals surface area contributed by atoms with Crippen molar-refractivity contribution in [3.63, 3.8) is 0 Å². The molecule has 0 aliphatic carbocycles. The lowest BCUT2D eigenvalue weighted by molar-refractivity contribution is -0.132. The van der Waals surface area contributed by atoms with E-state index in [0.717, 1.165) is 75.2 Å². The van der Waals surface area contributed by atoms with Gasteiger partial charge in [-0.1, -0.05) is 66.7 Å². The molecule has 7 heteroatoms. The largest absolute Gasteiger partial charge is 0.484 e. The van der Waals surface area contributed by atoms with E-state index in [1.165, 1.54) is 5.56 Å². The number of anilines is 1. The van der Waals surface area contributed by atoms with Crippen molar-refractivity contribution in [1.29, 1.82) is 0 Å². The number of aryl methyl sites for hydroxylation is 1. The minimum Gasteiger partial charge on any atom is -0.484 e. The van der Waals surface area contributed by atoms with Gasteiger partial charge in [0.2, 0.25) is 5.91 Å². The first-order chi connectivity index (χ1) is 21.1. The average molecular weight is 584 g/mol. The number of fused-ring (bicyclic) bond motifs is 1. The maximum absolute atomic E-state index is 13.8. The highest BCUT2D eigenvalue weighted by Crippen LogP contribution is 2.29. The summed E-state index contributed by atoms with van der Waals surface area (Å²) >= 11 is 0. The van der Waals surface area contributed by atoms with Crippen LogP contribution in [0.4, 0.5) is 5.69 Å². The fourth-order valence-electron chi connectivity index (χ4n) is 6.20. The molecule has 0 saturated carbocycles. The van der Waals surface area contributed by atoms with Crippen LogP contribution >= 0.6 is 0 Å². The van der Waals surface area contributed by atoms with E-state index in [1.807, 2.05) is 65.3 Å². The van der Waals surface area contributed by atoms with Crippen molar-refractivity contribution in [2.45, 2.75) is 64.6 Å². The van der Waals surface area contributed by atoms with Crippen molar-refractivity contribution in [2.24, 2.45) is 0 Å². The summed E-state index contributed by atoms with van der Waals surface area (Å²) in [6.07, 6.45) is 5.26. The van der Waals surface area contributed by atoms with Crippen LogP contribution in [0.15, 0.2) is 78.9 Å². The van der Waals surface area contributed by atoms with Gasteiger partial charge in [-0.25, -0.2) is 0 Å². The van der Waals surface area contributed by atoms with Crippen molar-refractivity contribution < 1.29 is 19.1 Å². The summed E-state index contributed by atoms with van der Waals surface area (Å²) in [4.78, 5) is 33.8. The predicted octanol–water partition coefficient (Wildman–Crippen LogP) is 5.99. The summed E-state index contributed by atoms with van der Waals surface area (Å²) in [5, 5.41) is 0. The third-order valence-electron chi connectivity index (χ3n) is 8.42. The topological polar surface area (TPSA) is 62.3 Å². The molecular weight excluding hydrogens is 538 g/mol. The van der Waals surface area contributed by atoms with Crippen molar-refractivity contribution in [2.75, 3.05) is 44.3 Å². The Hall–Kier alpha value is -3.68. The Morgan fingerprint density at radius 3 is 2.33 bits per heavy atom. The van der Waals surface area contributed by atoms with E-state index in [2.05, 4.69) is 35.2 Å². The number of hydrogen-bond acceptors (Lipinski definition) is 5. The molecule has 2 aliphatic rings. The van der Waals surface area contributed by atoms with Gasteiger partial charge in [0.05, 0.1) is 11.8 Å². The summed E-state index contributed by atoms with van der Waals surface area (Å²) in [6, 6.07) is 26.1. The van der Waals surface area contributed by atoms with Gasteiger partial charge in [-0.3, -0.25) is 14.5 Å². The third-order valence-corrected chi connectivity index (χ3v) is 8.42. The van der Waals surface area contributed by atoms with E-state index in [-0.39, 0.29) is 24.5 Å². The van der Waals surface area contributed by atoms with Crippen molar-refractivity contribution >= 4 is 17.5 Å². The van der Waals surface area contributed by atoms with Crippen LogP contribution in [-0.4, -0.2) is 67.1 Å². The second kappa shape index (κ2) is 15.7. The fourth-order valence-corrected chi connectivity index (χ4v) is 6.20. The maximum atomic E-state index is 13.8. The number of carbonyl (C=O) groups excluding carboxylic acids is 2. The van der Waals surface area contributed by atoms with Gasteiger partial charge in [0.15, 0.2) is 6.61 Å². The molecule has 2 heterocycles. The van der Waals surface area contributed by atoms with E-state index in [0.29, 0.717) is 31.8 Å². The summed E-state index contributed by atoms with van der Waals surface area (Å²) in [6.45, 7) is 7.11. The lowest BCUT2D eigenvalue weighted by Crippen LogP contribution is -2.41. The highest BCUT2D eigenvalue weighted by Gasteiger charge is 2.26. The molecule has 0 radical (unpaired) electrons. The summed E-state index contributed by atoms with van der Waals surface area (Å²) in [7, 11) is 0. The SMILES string of the molecule is Cc1cccc2c1N(C(=O)COc1ccccc1)CCCN(Cc1ccccc1)CCCN(C(=O)CCC1CCCO1)C2. The van der Waals surface area contributed by atoms with E-state index in [9.17, 15) is 9.59 Å². The first-order valence-electron chi connectivity index (χ1n) is 15.8. The van der Waals surface area contributed by atoms with Gasteiger partial charge in [0, 0.05) is 52.3 Å². The molecule has 0 aromatic heterocycles. The van der Waals surface area contributed by atoms with Gasteiger partial charge in [-0.2, -0.15) is 0 Å². The van der Waals surface area contributed by atoms with Crippen molar-refractivity contribution in [3.05, 3.63) is 95.6 Å². The first-order valence-corrected chi connectivity index (χ1v) is 15.8. The van der Waals surface area contributed by atoms with Crippen LogP contribution < -0.4 is 9.64 Å². The summed E-state index contributed by atoms with van der Waals surface area (Å²) < 4.78 is 11.7. The summed E-state index contributed by atoms with van der Waals surface area (Å²) in [5.74, 6) is 0.745. The van der Waals surface area contributed by atoms with E-state index >= 15 is 0 Å². The summed E-state index contributed by atoms with van der Waals surface area (Å²) in [5.41, 5.74) is 4.19. The van der Waals surface area contributed by atoms with Gasteiger partial charge in [-0.15, -0.1) is 0 Å². The molecule has 228 valence electrons. The minimum absolute atomic E-state index is 0.0461. The Labute approximate surface area is 256 Å². The lowest BCUT2D eigenvalue weighted by Gasteiger charge is -2.32. The minimum atomic E-state index is -0.0812. The number of ether oxygens (including phenoxy) is 2. The standard InChI is InChI=1S/C36H45N3O4/c1-29-12-8-15-31-27-38(34(40)20-19-33-18-9-25-42-33)23-10-21-37(26-30-13-4-2-5-14-30)22-11-24-39(36(29)31)35(41)28-43-32-16-6-3-7-17-32/h2-8,12-17,33H,9-11,18-28H2,1H3. The average Bonchev–Trinajstić information content (AvgIpc) is 3.55. The number of para-hydroxylation sites is 2. The van der Waals surface area contributed by atoms with Crippen LogP contribution in [0.25, 0.3) is 0 Å². The van der Waals surface area contributed by atoms with E-state index in [4.69, 9.17) is 9.47 Å².